The van der Waals surface area contributed by atoms with Crippen LogP contribution in [-0.4, -0.2) is 11.1 Å². The highest BCUT2D eigenvalue weighted by atomic mass is 16.6. The van der Waals surface area contributed by atoms with Crippen molar-refractivity contribution in [2.24, 2.45) is 4.99 Å². The highest BCUT2D eigenvalue weighted by Crippen LogP contribution is 2.17. The molecule has 0 spiro atoms. The predicted octanol–water partition coefficient (Wildman–Crippen LogP) is 3.35. The molecule has 0 unspecified atom stereocenters. The summed E-state index contributed by atoms with van der Waals surface area (Å²) in [5, 5.41) is 10.8. The number of nitro benzene ring substituents is 1. The van der Waals surface area contributed by atoms with Crippen LogP contribution in [0, 0.1) is 10.1 Å². The maximum atomic E-state index is 10.8. The molecular weight excluding hydrogens is 216 g/mol. The first-order chi connectivity index (χ1) is 8.27. The average molecular weight is 226 g/mol. The zero-order valence-electron chi connectivity index (χ0n) is 8.98. The standard InChI is InChI=1S/C13H10N2O2/c16-15(17)13-9-5-4-6-11(13)10-14-12-7-2-1-3-8-12/h1-10H. The van der Waals surface area contributed by atoms with E-state index in [1.54, 1.807) is 18.2 Å². The van der Waals surface area contributed by atoms with Crippen LogP contribution in [0.1, 0.15) is 5.56 Å². The normalized spacial score (nSPS) is 10.6. The SMILES string of the molecule is O=[N+]([O-])c1ccccc1C=Nc1ccccc1. The molecule has 0 aliphatic heterocycles. The fourth-order valence-corrected chi connectivity index (χ4v) is 1.42. The third-order valence-corrected chi connectivity index (χ3v) is 2.24. The summed E-state index contributed by atoms with van der Waals surface area (Å²) in [4.78, 5) is 14.6. The van der Waals surface area contributed by atoms with Gasteiger partial charge in [-0.1, -0.05) is 30.3 Å². The Kier molecular flexibility index (Phi) is 3.25. The molecule has 2 rings (SSSR count). The Hall–Kier alpha value is -2.49. The van der Waals surface area contributed by atoms with E-state index in [0.717, 1.165) is 5.69 Å². The second kappa shape index (κ2) is 5.03. The predicted molar refractivity (Wildman–Crippen MR) is 66.8 cm³/mol. The Morgan fingerprint density at radius 2 is 1.65 bits per heavy atom. The van der Waals surface area contributed by atoms with Crippen LogP contribution in [-0.2, 0) is 0 Å². The average Bonchev–Trinajstić information content (AvgIpc) is 2.38. The van der Waals surface area contributed by atoms with E-state index in [9.17, 15) is 10.1 Å². The van der Waals surface area contributed by atoms with E-state index in [4.69, 9.17) is 0 Å². The summed E-state index contributed by atoms with van der Waals surface area (Å²) in [6.45, 7) is 0. The van der Waals surface area contributed by atoms with Crippen LogP contribution in [0.25, 0.3) is 0 Å². The van der Waals surface area contributed by atoms with Gasteiger partial charge in [-0.3, -0.25) is 15.1 Å². The first kappa shape index (κ1) is 11.0. The molecule has 0 heterocycles. The van der Waals surface area contributed by atoms with Gasteiger partial charge in [-0.25, -0.2) is 0 Å². The van der Waals surface area contributed by atoms with Crippen LogP contribution in [0.15, 0.2) is 59.6 Å². The molecular formula is C13H10N2O2. The largest absolute Gasteiger partial charge is 0.278 e. The summed E-state index contributed by atoms with van der Waals surface area (Å²) in [6.07, 6.45) is 1.51. The van der Waals surface area contributed by atoms with Crippen LogP contribution in [0.5, 0.6) is 0 Å². The van der Waals surface area contributed by atoms with Crippen molar-refractivity contribution in [2.45, 2.75) is 0 Å². The fraction of sp³-hybridized carbons (Fsp3) is 0. The van der Waals surface area contributed by atoms with E-state index >= 15 is 0 Å². The van der Waals surface area contributed by atoms with Crippen molar-refractivity contribution < 1.29 is 4.92 Å². The molecule has 0 saturated heterocycles. The van der Waals surface area contributed by atoms with Gasteiger partial charge in [-0.05, 0) is 18.2 Å². The second-order valence-corrected chi connectivity index (χ2v) is 3.41. The molecule has 84 valence electrons. The van der Waals surface area contributed by atoms with Gasteiger partial charge >= 0.3 is 0 Å². The minimum absolute atomic E-state index is 0.0622. The zero-order valence-corrected chi connectivity index (χ0v) is 8.98. The van der Waals surface area contributed by atoms with E-state index in [1.807, 2.05) is 30.3 Å². The summed E-state index contributed by atoms with van der Waals surface area (Å²) in [7, 11) is 0. The smallest absolute Gasteiger partial charge is 0.258 e. The zero-order chi connectivity index (χ0) is 12.1. The maximum absolute atomic E-state index is 10.8. The number of rotatable bonds is 3. The molecule has 4 heteroatoms. The van der Waals surface area contributed by atoms with E-state index in [1.165, 1.54) is 12.3 Å². The van der Waals surface area contributed by atoms with Gasteiger partial charge in [0.05, 0.1) is 16.2 Å². The summed E-state index contributed by atoms with van der Waals surface area (Å²) in [5.41, 5.74) is 1.33. The van der Waals surface area contributed by atoms with Crippen molar-refractivity contribution in [1.29, 1.82) is 0 Å². The Balaban J connectivity index is 2.30. The van der Waals surface area contributed by atoms with Crippen LogP contribution in [0.4, 0.5) is 11.4 Å². The Morgan fingerprint density at radius 1 is 1.00 bits per heavy atom. The number of hydrogen-bond acceptors (Lipinski definition) is 3. The van der Waals surface area contributed by atoms with Crippen LogP contribution < -0.4 is 0 Å². The maximum Gasteiger partial charge on any atom is 0.278 e. The molecule has 17 heavy (non-hydrogen) atoms. The van der Waals surface area contributed by atoms with E-state index in [2.05, 4.69) is 4.99 Å². The fourth-order valence-electron chi connectivity index (χ4n) is 1.42. The van der Waals surface area contributed by atoms with Gasteiger partial charge in [-0.15, -0.1) is 0 Å². The molecule has 0 N–H and O–H groups in total. The molecule has 0 aromatic heterocycles. The highest BCUT2D eigenvalue weighted by Gasteiger charge is 2.09. The summed E-state index contributed by atoms with van der Waals surface area (Å²) >= 11 is 0. The van der Waals surface area contributed by atoms with Crippen molar-refractivity contribution in [1.82, 2.24) is 0 Å². The second-order valence-electron chi connectivity index (χ2n) is 3.41. The molecule has 0 saturated carbocycles. The van der Waals surface area contributed by atoms with Crippen molar-refractivity contribution in [3.63, 3.8) is 0 Å². The molecule has 4 nitrogen and oxygen atoms in total. The van der Waals surface area contributed by atoms with E-state index in [-0.39, 0.29) is 5.69 Å². The third kappa shape index (κ3) is 2.75. The first-order valence-electron chi connectivity index (χ1n) is 5.10. The van der Waals surface area contributed by atoms with E-state index in [0.29, 0.717) is 5.56 Å². The minimum atomic E-state index is -0.410. The van der Waals surface area contributed by atoms with Gasteiger partial charge in [-0.2, -0.15) is 0 Å². The highest BCUT2D eigenvalue weighted by molar-refractivity contribution is 5.86. The lowest BCUT2D eigenvalue weighted by molar-refractivity contribution is -0.385. The molecule has 2 aromatic carbocycles. The molecule has 0 fully saturated rings. The van der Waals surface area contributed by atoms with Gasteiger partial charge in [0.25, 0.3) is 5.69 Å². The number of benzene rings is 2. The lowest BCUT2D eigenvalue weighted by Gasteiger charge is -1.96. The number of nitrogens with zero attached hydrogens (tertiary/aromatic N) is 2. The van der Waals surface area contributed by atoms with Crippen LogP contribution in [0.2, 0.25) is 0 Å². The molecule has 0 aliphatic rings. The minimum Gasteiger partial charge on any atom is -0.258 e. The van der Waals surface area contributed by atoms with E-state index < -0.39 is 4.92 Å². The van der Waals surface area contributed by atoms with Crippen molar-refractivity contribution in [2.75, 3.05) is 0 Å². The van der Waals surface area contributed by atoms with Crippen molar-refractivity contribution >= 4 is 17.6 Å². The molecule has 0 amide bonds. The number of hydrogen-bond donors (Lipinski definition) is 0. The Bertz CT molecular complexity index is 550. The molecule has 0 aliphatic carbocycles. The topological polar surface area (TPSA) is 55.5 Å². The molecule has 0 radical (unpaired) electrons. The number of para-hydroxylation sites is 2. The Morgan fingerprint density at radius 3 is 2.35 bits per heavy atom. The number of nitro groups is 1. The van der Waals surface area contributed by atoms with Crippen LogP contribution >= 0.6 is 0 Å². The third-order valence-electron chi connectivity index (χ3n) is 2.24. The summed E-state index contributed by atoms with van der Waals surface area (Å²) in [6, 6.07) is 15.8. The van der Waals surface area contributed by atoms with Gasteiger partial charge in [0, 0.05) is 12.3 Å². The van der Waals surface area contributed by atoms with Crippen molar-refractivity contribution in [3.8, 4) is 0 Å². The van der Waals surface area contributed by atoms with Crippen LogP contribution in [0.3, 0.4) is 0 Å². The lowest BCUT2D eigenvalue weighted by atomic mass is 10.2. The van der Waals surface area contributed by atoms with Gasteiger partial charge in [0.2, 0.25) is 0 Å². The quantitative estimate of drug-likeness (QED) is 0.458. The lowest BCUT2D eigenvalue weighted by Crippen LogP contribution is -1.93. The van der Waals surface area contributed by atoms with Gasteiger partial charge in [0.1, 0.15) is 0 Å². The number of aliphatic imine (C=N–C) groups is 1. The summed E-state index contributed by atoms with van der Waals surface area (Å²) in [5.74, 6) is 0. The van der Waals surface area contributed by atoms with Crippen molar-refractivity contribution in [3.05, 3.63) is 70.3 Å². The first-order valence-corrected chi connectivity index (χ1v) is 5.10. The Labute approximate surface area is 98.4 Å². The molecule has 2 aromatic rings. The monoisotopic (exact) mass is 226 g/mol. The molecule has 0 bridgehead atoms. The molecule has 0 atom stereocenters. The van der Waals surface area contributed by atoms with Gasteiger partial charge < -0.3 is 0 Å². The summed E-state index contributed by atoms with van der Waals surface area (Å²) < 4.78 is 0. The van der Waals surface area contributed by atoms with Gasteiger partial charge in [0.15, 0.2) is 0 Å².